The second-order valence-corrected chi connectivity index (χ2v) is 7.28. The van der Waals surface area contributed by atoms with Crippen LogP contribution in [0.4, 0.5) is 0 Å². The van der Waals surface area contributed by atoms with Crippen molar-refractivity contribution in [3.05, 3.63) is 0 Å². The van der Waals surface area contributed by atoms with Crippen molar-refractivity contribution in [3.63, 3.8) is 0 Å². The van der Waals surface area contributed by atoms with Crippen LogP contribution < -0.4 is 0 Å². The van der Waals surface area contributed by atoms with E-state index in [2.05, 4.69) is 11.9 Å². The van der Waals surface area contributed by atoms with E-state index in [0.29, 0.717) is 6.61 Å². The molecule has 0 unspecified atom stereocenters. The number of carbonyl (C=O) groups excluding carboxylic acids is 1. The van der Waals surface area contributed by atoms with Gasteiger partial charge in [0.05, 0.1) is 0 Å². The molecule has 2 nitrogen and oxygen atoms in total. The molecule has 72 valence electrons. The van der Waals surface area contributed by atoms with E-state index in [9.17, 15) is 4.79 Å². The second-order valence-electron chi connectivity index (χ2n) is 3.20. The van der Waals surface area contributed by atoms with Crippen LogP contribution in [0, 0.1) is 0 Å². The Balaban J connectivity index is 3.72. The van der Waals surface area contributed by atoms with Crippen molar-refractivity contribution >= 4 is 26.9 Å². The predicted molar refractivity (Wildman–Crippen MR) is 51.5 cm³/mol. The summed E-state index contributed by atoms with van der Waals surface area (Å²) in [7, 11) is 0. The average Bonchev–Trinajstić information content (AvgIpc) is 2.05. The van der Waals surface area contributed by atoms with Gasteiger partial charge in [0.1, 0.15) is 0 Å². The summed E-state index contributed by atoms with van der Waals surface area (Å²) >= 11 is -0.241. The Morgan fingerprint density at radius 2 is 2.08 bits per heavy atom. The summed E-state index contributed by atoms with van der Waals surface area (Å²) in [5.41, 5.74) is 0. The van der Waals surface area contributed by atoms with Crippen molar-refractivity contribution in [2.24, 2.45) is 0 Å². The van der Waals surface area contributed by atoms with Crippen molar-refractivity contribution in [1.29, 1.82) is 0 Å². The fraction of sp³-hybridized carbons (Fsp3) is 0.889. The van der Waals surface area contributed by atoms with Crippen molar-refractivity contribution in [2.45, 2.75) is 42.0 Å². The second kappa shape index (κ2) is 5.83. The van der Waals surface area contributed by atoms with Gasteiger partial charge in [0.15, 0.2) is 0 Å². The molecule has 0 radical (unpaired) electrons. The Morgan fingerprint density at radius 3 is 2.50 bits per heavy atom. The zero-order valence-corrected chi connectivity index (χ0v) is 10.7. The number of esters is 1. The van der Waals surface area contributed by atoms with Gasteiger partial charge in [-0.2, -0.15) is 0 Å². The van der Waals surface area contributed by atoms with E-state index in [4.69, 9.17) is 4.74 Å². The molecule has 0 aliphatic rings. The summed E-state index contributed by atoms with van der Waals surface area (Å²) in [5.74, 6) is -0.0131. The molecule has 0 saturated carbocycles. The molecule has 0 aromatic heterocycles. The van der Waals surface area contributed by atoms with Crippen molar-refractivity contribution in [2.75, 3.05) is 6.61 Å². The first-order valence-electron chi connectivity index (χ1n) is 4.27. The summed E-state index contributed by atoms with van der Waals surface area (Å²) < 4.78 is 4.95. The molecular weight excluding hydrogens is 268 g/mol. The molecule has 0 rings (SSSR count). The number of carbonyl (C=O) groups is 1. The van der Waals surface area contributed by atoms with Gasteiger partial charge in [0.2, 0.25) is 0 Å². The SMILES string of the molecule is CCCCOC(=O)C(C)(C)[Te]C. The maximum atomic E-state index is 11.4. The molecule has 0 N–H and O–H groups in total. The van der Waals surface area contributed by atoms with Gasteiger partial charge in [-0.3, -0.25) is 0 Å². The summed E-state index contributed by atoms with van der Waals surface area (Å²) in [6.07, 6.45) is 2.06. The minimum absolute atomic E-state index is 0.0131. The third-order valence-corrected chi connectivity index (χ3v) is 5.12. The van der Waals surface area contributed by atoms with Crippen LogP contribution in [0.15, 0.2) is 0 Å². The molecule has 0 saturated heterocycles. The molecule has 0 aromatic rings. The molecule has 0 spiro atoms. The number of hydrogen-bond donors (Lipinski definition) is 0. The Hall–Kier alpha value is 0.260. The fourth-order valence-electron chi connectivity index (χ4n) is 0.566. The molecule has 3 heteroatoms. The van der Waals surface area contributed by atoms with E-state index < -0.39 is 0 Å². The molecule has 0 aromatic carbocycles. The van der Waals surface area contributed by atoms with Gasteiger partial charge in [-0.05, 0) is 0 Å². The Labute approximate surface area is 85.1 Å². The fourth-order valence-corrected chi connectivity index (χ4v) is 1.21. The first-order chi connectivity index (χ1) is 5.54. The Kier molecular flexibility index (Phi) is 5.95. The maximum absolute atomic E-state index is 11.4. The molecule has 0 bridgehead atoms. The number of rotatable bonds is 5. The first kappa shape index (κ1) is 12.3. The van der Waals surface area contributed by atoms with Gasteiger partial charge in [0, 0.05) is 0 Å². The van der Waals surface area contributed by atoms with Crippen LogP contribution in [0.3, 0.4) is 0 Å². The monoisotopic (exact) mass is 288 g/mol. The van der Waals surface area contributed by atoms with Gasteiger partial charge in [-0.25, -0.2) is 0 Å². The van der Waals surface area contributed by atoms with Crippen LogP contribution in [0.2, 0.25) is 8.43 Å². The Morgan fingerprint density at radius 1 is 1.50 bits per heavy atom. The van der Waals surface area contributed by atoms with Crippen LogP contribution in [0.25, 0.3) is 0 Å². The van der Waals surface area contributed by atoms with Gasteiger partial charge < -0.3 is 0 Å². The molecule has 0 amide bonds. The van der Waals surface area contributed by atoms with E-state index in [-0.39, 0.29) is 30.4 Å². The van der Waals surface area contributed by atoms with E-state index in [1.807, 2.05) is 13.8 Å². The molecule has 12 heavy (non-hydrogen) atoms. The molecular formula is C9H18O2Te. The summed E-state index contributed by atoms with van der Waals surface area (Å²) in [6, 6.07) is 0. The topological polar surface area (TPSA) is 26.3 Å². The summed E-state index contributed by atoms with van der Waals surface area (Å²) in [4.78, 5) is 13.5. The molecule has 0 atom stereocenters. The van der Waals surface area contributed by atoms with Crippen LogP contribution in [-0.4, -0.2) is 33.5 Å². The molecule has 0 fully saturated rings. The van der Waals surface area contributed by atoms with Crippen molar-refractivity contribution in [1.82, 2.24) is 0 Å². The third kappa shape index (κ3) is 4.33. The quantitative estimate of drug-likeness (QED) is 0.440. The number of hydrogen-bond acceptors (Lipinski definition) is 2. The molecule has 0 aliphatic carbocycles. The summed E-state index contributed by atoms with van der Waals surface area (Å²) in [6.45, 7) is 6.63. The van der Waals surface area contributed by atoms with Crippen molar-refractivity contribution < 1.29 is 9.53 Å². The normalized spacial score (nSPS) is 11.3. The van der Waals surface area contributed by atoms with Crippen LogP contribution in [0.1, 0.15) is 33.6 Å². The summed E-state index contributed by atoms with van der Waals surface area (Å²) in [5, 5.41) is 0. The van der Waals surface area contributed by atoms with Crippen LogP contribution >= 0.6 is 0 Å². The van der Waals surface area contributed by atoms with Crippen LogP contribution in [-0.2, 0) is 9.53 Å². The Bertz CT molecular complexity index is 143. The van der Waals surface area contributed by atoms with Crippen molar-refractivity contribution in [3.8, 4) is 0 Å². The van der Waals surface area contributed by atoms with Crippen LogP contribution in [0.5, 0.6) is 0 Å². The number of ether oxygens (including phenoxy) is 1. The van der Waals surface area contributed by atoms with E-state index in [0.717, 1.165) is 12.8 Å². The number of unbranched alkanes of at least 4 members (excludes halogenated alkanes) is 1. The van der Waals surface area contributed by atoms with Gasteiger partial charge in [0.25, 0.3) is 0 Å². The minimum atomic E-state index is -0.241. The zero-order chi connectivity index (χ0) is 9.61. The van der Waals surface area contributed by atoms with Gasteiger partial charge in [-0.1, -0.05) is 0 Å². The third-order valence-electron chi connectivity index (χ3n) is 1.73. The predicted octanol–water partition coefficient (Wildman–Crippen LogP) is 2.28. The van der Waals surface area contributed by atoms with E-state index >= 15 is 0 Å². The average molecular weight is 286 g/mol. The van der Waals surface area contributed by atoms with Gasteiger partial charge in [-0.15, -0.1) is 0 Å². The van der Waals surface area contributed by atoms with E-state index in [1.54, 1.807) is 0 Å². The molecule has 0 heterocycles. The zero-order valence-electron chi connectivity index (χ0n) is 8.35. The van der Waals surface area contributed by atoms with Gasteiger partial charge >= 0.3 is 85.1 Å². The molecule has 0 aliphatic heterocycles. The first-order valence-corrected chi connectivity index (χ1v) is 7.76. The van der Waals surface area contributed by atoms with E-state index in [1.165, 1.54) is 0 Å². The standard InChI is InChI=1S/C9H18O2Te/c1-5-6-7-11-8(10)9(2,3)12-4/h5-7H2,1-4H3.